The molecule has 6 nitrogen and oxygen atoms in total. The molecule has 0 spiro atoms. The molecule has 1 aromatic carbocycles. The lowest BCUT2D eigenvalue weighted by Crippen LogP contribution is -2.51. The molecule has 3 atom stereocenters. The van der Waals surface area contributed by atoms with Crippen LogP contribution in [0.25, 0.3) is 15.9 Å². The molecule has 3 aromatic rings. The molecule has 0 bridgehead atoms. The molecule has 2 aromatic heterocycles. The van der Waals surface area contributed by atoms with E-state index in [-0.39, 0.29) is 17.1 Å². The van der Waals surface area contributed by atoms with Crippen molar-refractivity contribution in [3.8, 4) is 0 Å². The molecule has 156 valence electrons. The number of anilines is 1. The fourth-order valence-corrected chi connectivity index (χ4v) is 3.95. The summed E-state index contributed by atoms with van der Waals surface area (Å²) in [7, 11) is 1.70. The summed E-state index contributed by atoms with van der Waals surface area (Å²) in [4.78, 5) is 14.1. The van der Waals surface area contributed by atoms with Crippen LogP contribution in [0, 0.1) is 18.2 Å². The highest BCUT2D eigenvalue weighted by molar-refractivity contribution is 5.80. The van der Waals surface area contributed by atoms with Gasteiger partial charge >= 0.3 is 0 Å². The van der Waals surface area contributed by atoms with Gasteiger partial charge in [0, 0.05) is 31.4 Å². The van der Waals surface area contributed by atoms with Gasteiger partial charge in [-0.25, -0.2) is 23.0 Å². The number of hydrogen-bond acceptors (Lipinski definition) is 4. The number of pyridine rings is 1. The molecule has 0 saturated carbocycles. The predicted molar refractivity (Wildman–Crippen MR) is 109 cm³/mol. The number of benzene rings is 1. The van der Waals surface area contributed by atoms with Crippen LogP contribution in [0.3, 0.4) is 0 Å². The number of aromatic nitrogens is 3. The van der Waals surface area contributed by atoms with Crippen LogP contribution in [0.4, 0.5) is 24.8 Å². The smallest absolute Gasteiger partial charge is 0.207 e. The summed E-state index contributed by atoms with van der Waals surface area (Å²) in [5.41, 5.74) is 1.36. The molecule has 0 aliphatic carbocycles. The van der Waals surface area contributed by atoms with E-state index in [0.717, 1.165) is 6.07 Å². The second kappa shape index (κ2) is 7.95. The topological polar surface area (TPSA) is 50.3 Å². The van der Waals surface area contributed by atoms with Gasteiger partial charge in [-0.15, -0.1) is 0 Å². The van der Waals surface area contributed by atoms with Crippen LogP contribution in [0.5, 0.6) is 0 Å². The summed E-state index contributed by atoms with van der Waals surface area (Å²) in [6.45, 7) is 9.67. The third kappa shape index (κ3) is 3.48. The zero-order valence-corrected chi connectivity index (χ0v) is 16.6. The van der Waals surface area contributed by atoms with Crippen LogP contribution in [0.2, 0.25) is 0 Å². The third-order valence-corrected chi connectivity index (χ3v) is 5.58. The quantitative estimate of drug-likeness (QED) is 0.656. The van der Waals surface area contributed by atoms with E-state index >= 15 is 0 Å². The number of nitrogens with zero attached hydrogens (tertiary/aromatic N) is 5. The maximum Gasteiger partial charge on any atom is 0.207 e. The molecule has 30 heavy (non-hydrogen) atoms. The third-order valence-electron chi connectivity index (χ3n) is 5.58. The van der Waals surface area contributed by atoms with Crippen LogP contribution in [0.15, 0.2) is 30.5 Å². The molecular formula is C21H21F3N6. The maximum absolute atomic E-state index is 14.8. The van der Waals surface area contributed by atoms with Gasteiger partial charge in [-0.05, 0) is 26.5 Å². The maximum atomic E-state index is 14.8. The number of rotatable bonds is 4. The van der Waals surface area contributed by atoms with E-state index in [4.69, 9.17) is 6.57 Å². The molecule has 1 fully saturated rings. The van der Waals surface area contributed by atoms with Gasteiger partial charge in [0.2, 0.25) is 11.6 Å². The lowest BCUT2D eigenvalue weighted by molar-refractivity contribution is 0.221. The Bertz CT molecular complexity index is 1100. The van der Waals surface area contributed by atoms with Crippen molar-refractivity contribution in [3.05, 3.63) is 59.2 Å². The fraction of sp³-hybridized carbons (Fsp3) is 0.381. The summed E-state index contributed by atoms with van der Waals surface area (Å²) in [6.07, 6.45) is 0.774. The second-order valence-electron chi connectivity index (χ2n) is 7.41. The minimum Gasteiger partial charge on any atom is -0.340 e. The number of piperidine rings is 1. The zero-order valence-electron chi connectivity index (χ0n) is 16.6. The molecule has 0 radical (unpaired) electrons. The van der Waals surface area contributed by atoms with Crippen molar-refractivity contribution >= 4 is 22.7 Å². The Labute approximate surface area is 172 Å². The molecular weight excluding hydrogens is 393 g/mol. The lowest BCUT2D eigenvalue weighted by Gasteiger charge is -2.36. The summed E-state index contributed by atoms with van der Waals surface area (Å²) < 4.78 is 44.6. The summed E-state index contributed by atoms with van der Waals surface area (Å²) in [5, 5.41) is 2.97. The van der Waals surface area contributed by atoms with Crippen molar-refractivity contribution in [3.63, 3.8) is 0 Å². The molecule has 9 heteroatoms. The van der Waals surface area contributed by atoms with Gasteiger partial charge in [0.15, 0.2) is 5.82 Å². The largest absolute Gasteiger partial charge is 0.340 e. The highest BCUT2D eigenvalue weighted by atomic mass is 19.1. The number of nitrogens with one attached hydrogen (secondary N) is 1. The first-order valence-corrected chi connectivity index (χ1v) is 9.69. The van der Waals surface area contributed by atoms with Crippen molar-refractivity contribution < 1.29 is 13.2 Å². The van der Waals surface area contributed by atoms with Gasteiger partial charge in [-0.3, -0.25) is 9.55 Å². The second-order valence-corrected chi connectivity index (χ2v) is 7.41. The molecule has 0 unspecified atom stereocenters. The summed E-state index contributed by atoms with van der Waals surface area (Å²) in [6, 6.07) is 4.54. The van der Waals surface area contributed by atoms with Crippen LogP contribution in [0.1, 0.15) is 25.1 Å². The number of fused-ring (bicyclic) bond motifs is 1. The van der Waals surface area contributed by atoms with Crippen LogP contribution >= 0.6 is 0 Å². The summed E-state index contributed by atoms with van der Waals surface area (Å²) in [5.74, 6) is -0.997. The molecule has 1 saturated heterocycles. The van der Waals surface area contributed by atoms with Gasteiger partial charge in [0.05, 0.1) is 29.9 Å². The van der Waals surface area contributed by atoms with Crippen molar-refractivity contribution in [2.75, 3.05) is 25.0 Å². The Morgan fingerprint density at radius 1 is 1.30 bits per heavy atom. The van der Waals surface area contributed by atoms with Gasteiger partial charge in [-0.1, -0.05) is 6.07 Å². The van der Waals surface area contributed by atoms with E-state index in [1.165, 1.54) is 12.3 Å². The average Bonchev–Trinajstić information content (AvgIpc) is 3.13. The van der Waals surface area contributed by atoms with E-state index in [1.54, 1.807) is 23.7 Å². The average molecular weight is 414 g/mol. The molecule has 1 aliphatic rings. The zero-order chi connectivity index (χ0) is 21.4. The van der Waals surface area contributed by atoms with Crippen LogP contribution < -0.4 is 10.2 Å². The summed E-state index contributed by atoms with van der Waals surface area (Å²) >= 11 is 0. The first-order chi connectivity index (χ1) is 14.4. The Morgan fingerprint density at radius 2 is 2.10 bits per heavy atom. The number of hydrogen-bond donors (Lipinski definition) is 1. The van der Waals surface area contributed by atoms with Gasteiger partial charge in [-0.2, -0.15) is 0 Å². The van der Waals surface area contributed by atoms with Crippen molar-refractivity contribution in [1.29, 1.82) is 0 Å². The van der Waals surface area contributed by atoms with E-state index < -0.39 is 23.8 Å². The van der Waals surface area contributed by atoms with Gasteiger partial charge < -0.3 is 10.2 Å². The Kier molecular flexibility index (Phi) is 5.35. The number of likely N-dealkylation sites (N-methyl/N-ethyl adjacent to an activating group) is 1. The van der Waals surface area contributed by atoms with Gasteiger partial charge in [0.25, 0.3) is 0 Å². The van der Waals surface area contributed by atoms with Crippen molar-refractivity contribution in [1.82, 2.24) is 19.9 Å². The normalized spacial score (nSPS) is 20.3. The number of imidazole rings is 1. The first kappa shape index (κ1) is 20.2. The first-order valence-electron chi connectivity index (χ1n) is 9.69. The Morgan fingerprint density at radius 3 is 2.77 bits per heavy atom. The van der Waals surface area contributed by atoms with E-state index in [2.05, 4.69) is 20.1 Å². The van der Waals surface area contributed by atoms with Crippen molar-refractivity contribution in [2.45, 2.75) is 31.6 Å². The Hall–Kier alpha value is -3.12. The lowest BCUT2D eigenvalue weighted by atomic mass is 10.0. The van der Waals surface area contributed by atoms with E-state index in [0.29, 0.717) is 36.8 Å². The van der Waals surface area contributed by atoms with E-state index in [1.807, 2.05) is 11.8 Å². The minimum absolute atomic E-state index is 0.165. The highest BCUT2D eigenvalue weighted by Crippen LogP contribution is 2.33. The molecule has 4 rings (SSSR count). The molecule has 0 amide bonds. The predicted octanol–water partition coefficient (Wildman–Crippen LogP) is 4.01. The Balaban J connectivity index is 1.85. The number of halogens is 3. The molecule has 3 heterocycles. The fourth-order valence-electron chi connectivity index (χ4n) is 3.95. The standard InChI is InChI=1S/C21H21F3N6/c1-12(17-5-4-14(25-2)10-27-17)30-20-16(24)8-13(22)9-18(20)28-21(30)29-7-6-15(23)19(11-29)26-3/h4-5,8-10,12,15,19,26H,6-7,11H2,1,3H3/t12-,15-,19-/m1/s1. The highest BCUT2D eigenvalue weighted by Gasteiger charge is 2.32. The number of alkyl halides is 1. The molecule has 1 aliphatic heterocycles. The minimum atomic E-state index is -0.987. The monoisotopic (exact) mass is 414 g/mol. The van der Waals surface area contributed by atoms with Crippen molar-refractivity contribution in [2.24, 2.45) is 0 Å². The SMILES string of the molecule is [C-]#[N+]c1ccc([C@@H](C)n2c(N3CC[C@@H](F)[C@H](NC)C3)nc3cc(F)cc(F)c32)nc1. The van der Waals surface area contributed by atoms with Gasteiger partial charge in [0.1, 0.15) is 17.5 Å². The van der Waals surface area contributed by atoms with E-state index in [9.17, 15) is 13.2 Å². The van der Waals surface area contributed by atoms with Crippen LogP contribution in [-0.2, 0) is 0 Å². The van der Waals surface area contributed by atoms with Crippen LogP contribution in [-0.4, -0.2) is 46.9 Å². The molecule has 1 N–H and O–H groups in total.